The van der Waals surface area contributed by atoms with Gasteiger partial charge in [-0.05, 0) is 30.7 Å². The lowest BCUT2D eigenvalue weighted by atomic mass is 10.2. The van der Waals surface area contributed by atoms with Crippen molar-refractivity contribution in [3.05, 3.63) is 36.2 Å². The molecule has 0 atom stereocenters. The van der Waals surface area contributed by atoms with Crippen LogP contribution in [0.5, 0.6) is 0 Å². The first-order valence-electron chi connectivity index (χ1n) is 3.38. The zero-order chi connectivity index (χ0) is 8.10. The lowest BCUT2D eigenvalue weighted by Crippen LogP contribution is -1.80. The van der Waals surface area contributed by atoms with E-state index in [9.17, 15) is 4.79 Å². The third kappa shape index (κ3) is 2.76. The SMILES string of the molecule is CC(=O)C=Cc1cccnc1. The Morgan fingerprint density at radius 1 is 1.64 bits per heavy atom. The second kappa shape index (κ2) is 3.66. The van der Waals surface area contributed by atoms with Crippen molar-refractivity contribution >= 4 is 11.9 Å². The summed E-state index contributed by atoms with van der Waals surface area (Å²) in [7, 11) is 0. The summed E-state index contributed by atoms with van der Waals surface area (Å²) in [5.74, 6) is 0.0499. The highest BCUT2D eigenvalue weighted by Crippen LogP contribution is 1.97. The first-order chi connectivity index (χ1) is 5.29. The quantitative estimate of drug-likeness (QED) is 0.596. The summed E-state index contributed by atoms with van der Waals surface area (Å²) in [5.41, 5.74) is 0.947. The van der Waals surface area contributed by atoms with Crippen molar-refractivity contribution in [2.24, 2.45) is 0 Å². The fraction of sp³-hybridized carbons (Fsp3) is 0.111. The van der Waals surface area contributed by atoms with Gasteiger partial charge < -0.3 is 0 Å². The normalized spacial score (nSPS) is 10.3. The minimum Gasteiger partial charge on any atom is -0.295 e. The fourth-order valence-electron chi connectivity index (χ4n) is 0.688. The molecular weight excluding hydrogens is 138 g/mol. The molecule has 0 saturated heterocycles. The molecule has 1 aromatic rings. The number of allylic oxidation sites excluding steroid dienone is 1. The van der Waals surface area contributed by atoms with E-state index in [-0.39, 0.29) is 5.78 Å². The molecule has 1 heterocycles. The van der Waals surface area contributed by atoms with Crippen LogP contribution in [-0.2, 0) is 4.79 Å². The van der Waals surface area contributed by atoms with E-state index >= 15 is 0 Å². The Morgan fingerprint density at radius 2 is 2.45 bits per heavy atom. The zero-order valence-electron chi connectivity index (χ0n) is 6.32. The van der Waals surface area contributed by atoms with Crippen LogP contribution >= 0.6 is 0 Å². The maximum Gasteiger partial charge on any atom is 0.152 e. The second-order valence-corrected chi connectivity index (χ2v) is 2.23. The van der Waals surface area contributed by atoms with E-state index in [1.807, 2.05) is 12.1 Å². The number of carbonyl (C=O) groups is 1. The van der Waals surface area contributed by atoms with Crippen LogP contribution in [0, 0.1) is 0 Å². The first-order valence-corrected chi connectivity index (χ1v) is 3.38. The van der Waals surface area contributed by atoms with Crippen molar-refractivity contribution in [2.45, 2.75) is 6.92 Å². The molecule has 0 spiro atoms. The smallest absolute Gasteiger partial charge is 0.152 e. The van der Waals surface area contributed by atoms with Gasteiger partial charge in [0.15, 0.2) is 5.78 Å². The van der Waals surface area contributed by atoms with E-state index in [0.29, 0.717) is 0 Å². The van der Waals surface area contributed by atoms with Crippen LogP contribution in [0.3, 0.4) is 0 Å². The average Bonchev–Trinajstić information content (AvgIpc) is 2.03. The maximum absolute atomic E-state index is 10.5. The molecule has 56 valence electrons. The Kier molecular flexibility index (Phi) is 2.55. The second-order valence-electron chi connectivity index (χ2n) is 2.23. The van der Waals surface area contributed by atoms with Crippen molar-refractivity contribution in [1.82, 2.24) is 4.98 Å². The summed E-state index contributed by atoms with van der Waals surface area (Å²) in [4.78, 5) is 14.4. The Morgan fingerprint density at radius 3 is 3.00 bits per heavy atom. The van der Waals surface area contributed by atoms with Crippen molar-refractivity contribution < 1.29 is 4.79 Å². The lowest BCUT2D eigenvalue weighted by Gasteiger charge is -1.87. The Hall–Kier alpha value is -1.44. The number of ketones is 1. The molecule has 0 radical (unpaired) electrons. The summed E-state index contributed by atoms with van der Waals surface area (Å²) >= 11 is 0. The van der Waals surface area contributed by atoms with Crippen LogP contribution in [0.2, 0.25) is 0 Å². The molecule has 0 amide bonds. The summed E-state index contributed by atoms with van der Waals surface area (Å²) in [5, 5.41) is 0. The van der Waals surface area contributed by atoms with Crippen LogP contribution in [0.1, 0.15) is 12.5 Å². The topological polar surface area (TPSA) is 30.0 Å². The summed E-state index contributed by atoms with van der Waals surface area (Å²) in [6.07, 6.45) is 6.68. The third-order valence-electron chi connectivity index (χ3n) is 1.19. The van der Waals surface area contributed by atoms with Crippen LogP contribution in [0.25, 0.3) is 6.08 Å². The molecule has 2 heteroatoms. The molecule has 0 aliphatic heterocycles. The largest absolute Gasteiger partial charge is 0.295 e. The summed E-state index contributed by atoms with van der Waals surface area (Å²) < 4.78 is 0. The van der Waals surface area contributed by atoms with Gasteiger partial charge in [0.2, 0.25) is 0 Å². The Balaban J connectivity index is 2.72. The molecule has 0 N–H and O–H groups in total. The van der Waals surface area contributed by atoms with E-state index in [4.69, 9.17) is 0 Å². The van der Waals surface area contributed by atoms with Gasteiger partial charge >= 0.3 is 0 Å². The van der Waals surface area contributed by atoms with E-state index in [2.05, 4.69) is 4.98 Å². The van der Waals surface area contributed by atoms with Crippen LogP contribution in [-0.4, -0.2) is 10.8 Å². The molecule has 11 heavy (non-hydrogen) atoms. The van der Waals surface area contributed by atoms with Gasteiger partial charge in [-0.15, -0.1) is 0 Å². The van der Waals surface area contributed by atoms with Crippen LogP contribution in [0.4, 0.5) is 0 Å². The molecule has 0 saturated carbocycles. The van der Waals surface area contributed by atoms with E-state index in [1.165, 1.54) is 13.0 Å². The highest BCUT2D eigenvalue weighted by Gasteiger charge is 1.84. The number of aromatic nitrogens is 1. The van der Waals surface area contributed by atoms with Gasteiger partial charge in [0.1, 0.15) is 0 Å². The number of hydrogen-bond acceptors (Lipinski definition) is 2. The van der Waals surface area contributed by atoms with Crippen molar-refractivity contribution in [3.8, 4) is 0 Å². The highest BCUT2D eigenvalue weighted by atomic mass is 16.1. The van der Waals surface area contributed by atoms with E-state index < -0.39 is 0 Å². The van der Waals surface area contributed by atoms with Crippen molar-refractivity contribution in [3.63, 3.8) is 0 Å². The predicted molar refractivity (Wildman–Crippen MR) is 44.0 cm³/mol. The number of hydrogen-bond donors (Lipinski definition) is 0. The van der Waals surface area contributed by atoms with Gasteiger partial charge in [-0.1, -0.05) is 6.07 Å². The monoisotopic (exact) mass is 147 g/mol. The lowest BCUT2D eigenvalue weighted by molar-refractivity contribution is -0.112. The highest BCUT2D eigenvalue weighted by molar-refractivity contribution is 5.91. The van der Waals surface area contributed by atoms with Crippen LogP contribution < -0.4 is 0 Å². The van der Waals surface area contributed by atoms with Gasteiger partial charge in [0, 0.05) is 12.4 Å². The standard InChI is InChI=1S/C9H9NO/c1-8(11)4-5-9-3-2-6-10-7-9/h2-7H,1H3. The van der Waals surface area contributed by atoms with Gasteiger partial charge in [-0.2, -0.15) is 0 Å². The molecule has 0 unspecified atom stereocenters. The van der Waals surface area contributed by atoms with Crippen molar-refractivity contribution in [1.29, 1.82) is 0 Å². The molecule has 1 aromatic heterocycles. The van der Waals surface area contributed by atoms with Crippen molar-refractivity contribution in [2.75, 3.05) is 0 Å². The van der Waals surface area contributed by atoms with Gasteiger partial charge in [-0.25, -0.2) is 0 Å². The molecule has 2 nitrogen and oxygen atoms in total. The Bertz CT molecular complexity index is 264. The molecule has 0 bridgehead atoms. The molecule has 0 aromatic carbocycles. The average molecular weight is 147 g/mol. The summed E-state index contributed by atoms with van der Waals surface area (Å²) in [6.45, 7) is 1.52. The number of pyridine rings is 1. The third-order valence-corrected chi connectivity index (χ3v) is 1.19. The number of nitrogens with zero attached hydrogens (tertiary/aromatic N) is 1. The number of rotatable bonds is 2. The predicted octanol–water partition coefficient (Wildman–Crippen LogP) is 1.68. The minimum absolute atomic E-state index is 0.0499. The molecular formula is C9H9NO. The van der Waals surface area contributed by atoms with Gasteiger partial charge in [0.05, 0.1) is 0 Å². The minimum atomic E-state index is 0.0499. The van der Waals surface area contributed by atoms with Gasteiger partial charge in [-0.3, -0.25) is 9.78 Å². The van der Waals surface area contributed by atoms with E-state index in [0.717, 1.165) is 5.56 Å². The Labute approximate surface area is 65.6 Å². The molecule has 0 fully saturated rings. The van der Waals surface area contributed by atoms with Gasteiger partial charge in [0.25, 0.3) is 0 Å². The first kappa shape index (κ1) is 7.66. The number of carbonyl (C=O) groups excluding carboxylic acids is 1. The van der Waals surface area contributed by atoms with Crippen LogP contribution in [0.15, 0.2) is 30.6 Å². The van der Waals surface area contributed by atoms with E-state index in [1.54, 1.807) is 18.5 Å². The molecule has 1 rings (SSSR count). The zero-order valence-corrected chi connectivity index (χ0v) is 6.32. The fourth-order valence-corrected chi connectivity index (χ4v) is 0.688. The molecule has 0 aliphatic carbocycles. The molecule has 0 aliphatic rings. The summed E-state index contributed by atoms with van der Waals surface area (Å²) in [6, 6.07) is 3.73. The maximum atomic E-state index is 10.5.